The third-order valence-electron chi connectivity index (χ3n) is 4.29. The topological polar surface area (TPSA) is 65.3 Å². The summed E-state index contributed by atoms with van der Waals surface area (Å²) in [4.78, 5) is 0. The van der Waals surface area contributed by atoms with E-state index in [9.17, 15) is 5.11 Å². The number of aliphatic hydroxyl groups is 1. The van der Waals surface area contributed by atoms with Crippen molar-refractivity contribution in [1.82, 2.24) is 5.32 Å². The molecule has 0 aromatic heterocycles. The van der Waals surface area contributed by atoms with E-state index < -0.39 is 0 Å². The third kappa shape index (κ3) is 4.45. The van der Waals surface area contributed by atoms with Gasteiger partial charge >= 0.3 is 0 Å². The van der Waals surface area contributed by atoms with Gasteiger partial charge in [0.1, 0.15) is 11.8 Å². The van der Waals surface area contributed by atoms with Crippen LogP contribution in [0.2, 0.25) is 0 Å². The fourth-order valence-corrected chi connectivity index (χ4v) is 3.13. The fraction of sp³-hybridized carbons (Fsp3) is 0.588. The van der Waals surface area contributed by atoms with Crippen molar-refractivity contribution in [2.75, 3.05) is 13.2 Å². The van der Waals surface area contributed by atoms with Crippen molar-refractivity contribution in [2.24, 2.45) is 5.92 Å². The summed E-state index contributed by atoms with van der Waals surface area (Å²) in [6.45, 7) is 3.27. The summed E-state index contributed by atoms with van der Waals surface area (Å²) in [5.41, 5.74) is 1.03. The SMILES string of the molecule is CC1CCCC(CO)(NCc2ccc(OCC#N)cc2)C1. The second kappa shape index (κ2) is 7.44. The second-order valence-corrected chi connectivity index (χ2v) is 6.08. The van der Waals surface area contributed by atoms with Crippen LogP contribution in [0.4, 0.5) is 0 Å². The van der Waals surface area contributed by atoms with Crippen molar-refractivity contribution in [1.29, 1.82) is 5.26 Å². The van der Waals surface area contributed by atoms with Gasteiger partial charge in [0.25, 0.3) is 0 Å². The zero-order valence-corrected chi connectivity index (χ0v) is 12.6. The van der Waals surface area contributed by atoms with Gasteiger partial charge in [0.15, 0.2) is 6.61 Å². The van der Waals surface area contributed by atoms with Crippen LogP contribution in [0, 0.1) is 17.2 Å². The summed E-state index contributed by atoms with van der Waals surface area (Å²) < 4.78 is 5.24. The van der Waals surface area contributed by atoms with Crippen LogP contribution in [0.3, 0.4) is 0 Å². The van der Waals surface area contributed by atoms with Crippen LogP contribution in [0.15, 0.2) is 24.3 Å². The van der Waals surface area contributed by atoms with E-state index in [1.165, 1.54) is 12.8 Å². The molecule has 1 fully saturated rings. The van der Waals surface area contributed by atoms with Gasteiger partial charge < -0.3 is 15.2 Å². The lowest BCUT2D eigenvalue weighted by Crippen LogP contribution is -2.51. The van der Waals surface area contributed by atoms with E-state index in [1.807, 2.05) is 30.3 Å². The summed E-state index contributed by atoms with van der Waals surface area (Å²) in [5.74, 6) is 1.38. The van der Waals surface area contributed by atoms with Gasteiger partial charge in [-0.2, -0.15) is 5.26 Å². The quantitative estimate of drug-likeness (QED) is 0.844. The van der Waals surface area contributed by atoms with Crippen molar-refractivity contribution in [2.45, 2.75) is 44.7 Å². The monoisotopic (exact) mass is 288 g/mol. The molecule has 0 bridgehead atoms. The number of rotatable bonds is 6. The van der Waals surface area contributed by atoms with E-state index in [0.717, 1.165) is 24.9 Å². The lowest BCUT2D eigenvalue weighted by Gasteiger charge is -2.39. The third-order valence-corrected chi connectivity index (χ3v) is 4.29. The van der Waals surface area contributed by atoms with Crippen molar-refractivity contribution in [3.05, 3.63) is 29.8 Å². The number of benzene rings is 1. The molecule has 0 aliphatic heterocycles. The molecule has 4 heteroatoms. The van der Waals surface area contributed by atoms with E-state index >= 15 is 0 Å². The molecule has 0 amide bonds. The fourth-order valence-electron chi connectivity index (χ4n) is 3.13. The van der Waals surface area contributed by atoms with E-state index in [1.54, 1.807) is 0 Å². The number of hydrogen-bond donors (Lipinski definition) is 2. The van der Waals surface area contributed by atoms with E-state index in [-0.39, 0.29) is 18.8 Å². The summed E-state index contributed by atoms with van der Waals surface area (Å²) in [7, 11) is 0. The molecule has 2 unspecified atom stereocenters. The molecule has 0 radical (unpaired) electrons. The molecular formula is C17H24N2O2. The number of ether oxygens (including phenoxy) is 1. The second-order valence-electron chi connectivity index (χ2n) is 6.08. The average molecular weight is 288 g/mol. The number of nitrogens with zero attached hydrogens (tertiary/aromatic N) is 1. The molecule has 2 N–H and O–H groups in total. The minimum atomic E-state index is -0.131. The Morgan fingerprint density at radius 3 is 2.81 bits per heavy atom. The van der Waals surface area contributed by atoms with Crippen molar-refractivity contribution >= 4 is 0 Å². The minimum absolute atomic E-state index is 0.0725. The molecule has 0 heterocycles. The maximum atomic E-state index is 9.77. The van der Waals surface area contributed by atoms with Crippen LogP contribution in [0.1, 0.15) is 38.2 Å². The highest BCUT2D eigenvalue weighted by molar-refractivity contribution is 5.27. The van der Waals surface area contributed by atoms with Crippen LogP contribution in [-0.4, -0.2) is 23.9 Å². The molecule has 2 rings (SSSR count). The van der Waals surface area contributed by atoms with Gasteiger partial charge in [0.05, 0.1) is 6.61 Å². The normalized spacial score (nSPS) is 25.3. The van der Waals surface area contributed by atoms with Crippen LogP contribution in [0.5, 0.6) is 5.75 Å². The Morgan fingerprint density at radius 2 is 2.19 bits per heavy atom. The Morgan fingerprint density at radius 1 is 1.43 bits per heavy atom. The molecule has 114 valence electrons. The van der Waals surface area contributed by atoms with Gasteiger partial charge in [-0.25, -0.2) is 0 Å². The highest BCUT2D eigenvalue weighted by Crippen LogP contribution is 2.32. The predicted octanol–water partition coefficient (Wildman–Crippen LogP) is 2.62. The average Bonchev–Trinajstić information content (AvgIpc) is 2.52. The standard InChI is InChI=1S/C17H24N2O2/c1-14-3-2-8-17(11-14,13-20)19-12-15-4-6-16(7-5-15)21-10-9-18/h4-7,14,19-20H,2-3,8,10-13H2,1H3. The predicted molar refractivity (Wildman–Crippen MR) is 81.8 cm³/mol. The Hall–Kier alpha value is -1.57. The number of nitrogens with one attached hydrogen (secondary N) is 1. The van der Waals surface area contributed by atoms with Gasteiger partial charge in [0.2, 0.25) is 0 Å². The summed E-state index contributed by atoms with van der Waals surface area (Å²) in [5, 5.41) is 21.8. The first-order chi connectivity index (χ1) is 10.2. The molecular weight excluding hydrogens is 264 g/mol. The molecule has 1 saturated carbocycles. The van der Waals surface area contributed by atoms with Crippen molar-refractivity contribution < 1.29 is 9.84 Å². The van der Waals surface area contributed by atoms with E-state index in [2.05, 4.69) is 12.2 Å². The van der Waals surface area contributed by atoms with Gasteiger partial charge in [0, 0.05) is 12.1 Å². The lowest BCUT2D eigenvalue weighted by molar-refractivity contribution is 0.0982. The van der Waals surface area contributed by atoms with Gasteiger partial charge in [-0.15, -0.1) is 0 Å². The smallest absolute Gasteiger partial charge is 0.174 e. The van der Waals surface area contributed by atoms with Crippen LogP contribution >= 0.6 is 0 Å². The Kier molecular flexibility index (Phi) is 5.60. The molecule has 21 heavy (non-hydrogen) atoms. The highest BCUT2D eigenvalue weighted by atomic mass is 16.5. The van der Waals surface area contributed by atoms with Crippen molar-refractivity contribution in [3.63, 3.8) is 0 Å². The molecule has 2 atom stereocenters. The molecule has 0 saturated heterocycles. The molecule has 1 aromatic carbocycles. The van der Waals surface area contributed by atoms with E-state index in [4.69, 9.17) is 10.00 Å². The zero-order chi connectivity index (χ0) is 15.1. The Balaban J connectivity index is 1.90. The maximum Gasteiger partial charge on any atom is 0.174 e. The number of aliphatic hydroxyl groups excluding tert-OH is 1. The van der Waals surface area contributed by atoms with Crippen LogP contribution in [0.25, 0.3) is 0 Å². The minimum Gasteiger partial charge on any atom is -0.479 e. The van der Waals surface area contributed by atoms with Crippen LogP contribution in [-0.2, 0) is 6.54 Å². The van der Waals surface area contributed by atoms with Gasteiger partial charge in [-0.1, -0.05) is 31.9 Å². The summed E-state index contributed by atoms with van der Waals surface area (Å²) in [6, 6.07) is 9.70. The van der Waals surface area contributed by atoms with Gasteiger partial charge in [-0.05, 0) is 36.5 Å². The molecule has 4 nitrogen and oxygen atoms in total. The molecule has 1 aliphatic carbocycles. The highest BCUT2D eigenvalue weighted by Gasteiger charge is 2.33. The van der Waals surface area contributed by atoms with Gasteiger partial charge in [-0.3, -0.25) is 0 Å². The lowest BCUT2D eigenvalue weighted by atomic mass is 9.77. The number of hydrogen-bond acceptors (Lipinski definition) is 4. The first-order valence-corrected chi connectivity index (χ1v) is 7.62. The van der Waals surface area contributed by atoms with Crippen molar-refractivity contribution in [3.8, 4) is 11.8 Å². The zero-order valence-electron chi connectivity index (χ0n) is 12.6. The number of nitriles is 1. The molecule has 1 aliphatic rings. The van der Waals surface area contributed by atoms with E-state index in [0.29, 0.717) is 11.7 Å². The summed E-state index contributed by atoms with van der Waals surface area (Å²) >= 11 is 0. The largest absolute Gasteiger partial charge is 0.479 e. The Bertz CT molecular complexity index is 481. The maximum absolute atomic E-state index is 9.77. The first-order valence-electron chi connectivity index (χ1n) is 7.62. The molecule has 0 spiro atoms. The van der Waals surface area contributed by atoms with Crippen LogP contribution < -0.4 is 10.1 Å². The first kappa shape index (κ1) is 15.8. The Labute approximate surface area is 126 Å². The summed E-state index contributed by atoms with van der Waals surface area (Å²) in [6.07, 6.45) is 4.51. The molecule has 1 aromatic rings.